The van der Waals surface area contributed by atoms with Crippen LogP contribution in [0.25, 0.3) is 0 Å². The van der Waals surface area contributed by atoms with E-state index in [9.17, 15) is 13.2 Å². The van der Waals surface area contributed by atoms with Gasteiger partial charge in [-0.1, -0.05) is 12.1 Å². The van der Waals surface area contributed by atoms with Crippen LogP contribution in [-0.4, -0.2) is 51.4 Å². The van der Waals surface area contributed by atoms with Crippen LogP contribution in [0.4, 0.5) is 5.69 Å². The topological polar surface area (TPSA) is 92.5 Å². The number of thioether (sulfide) groups is 1. The van der Waals surface area contributed by atoms with Crippen molar-refractivity contribution >= 4 is 33.4 Å². The number of carbonyl (C=O) groups excluding carboxylic acids is 1. The van der Waals surface area contributed by atoms with Crippen molar-refractivity contribution in [1.82, 2.24) is 9.62 Å². The van der Waals surface area contributed by atoms with E-state index in [1.807, 2.05) is 18.2 Å². The molecule has 0 aliphatic carbocycles. The number of rotatable bonds is 7. The molecule has 0 unspecified atom stereocenters. The van der Waals surface area contributed by atoms with Gasteiger partial charge < -0.3 is 10.6 Å². The van der Waals surface area contributed by atoms with Crippen molar-refractivity contribution in [1.29, 1.82) is 0 Å². The van der Waals surface area contributed by atoms with Crippen molar-refractivity contribution in [2.45, 2.75) is 4.90 Å². The quantitative estimate of drug-likeness (QED) is 0.560. The Morgan fingerprint density at radius 3 is 2.60 bits per heavy atom. The summed E-state index contributed by atoms with van der Waals surface area (Å²) < 4.78 is 25.7. The largest absolute Gasteiger partial charge is 0.398 e. The molecule has 0 spiro atoms. The number of hydrogen-bond donors (Lipinski definition) is 2. The summed E-state index contributed by atoms with van der Waals surface area (Å²) in [5.74, 6) is 0.0281. The molecule has 112 valence electrons. The molecule has 6 nitrogen and oxygen atoms in total. The Balaban J connectivity index is 2.41. The molecule has 0 bridgehead atoms. The molecule has 0 aliphatic heterocycles. The average molecular weight is 317 g/mol. The van der Waals surface area contributed by atoms with Gasteiger partial charge >= 0.3 is 0 Å². The molecule has 20 heavy (non-hydrogen) atoms. The van der Waals surface area contributed by atoms with Gasteiger partial charge in [-0.3, -0.25) is 4.79 Å². The summed E-state index contributed by atoms with van der Waals surface area (Å²) in [5.41, 5.74) is 6.40. The number of benzene rings is 1. The number of nitrogen functional groups attached to an aromatic ring is 1. The molecule has 0 aliphatic rings. The van der Waals surface area contributed by atoms with Gasteiger partial charge in [0.2, 0.25) is 15.9 Å². The Morgan fingerprint density at radius 1 is 1.35 bits per heavy atom. The minimum absolute atomic E-state index is 0.0628. The van der Waals surface area contributed by atoms with Crippen molar-refractivity contribution < 1.29 is 13.2 Å². The maximum Gasteiger partial charge on any atom is 0.237 e. The molecule has 1 rings (SSSR count). The molecular formula is C12H19N3O3S2. The molecule has 0 atom stereocenters. The number of nitrogens with two attached hydrogens (primary N) is 1. The summed E-state index contributed by atoms with van der Waals surface area (Å²) in [6, 6.07) is 7.28. The van der Waals surface area contributed by atoms with Crippen LogP contribution in [0.2, 0.25) is 0 Å². The van der Waals surface area contributed by atoms with Gasteiger partial charge in [0.25, 0.3) is 0 Å². The minimum Gasteiger partial charge on any atom is -0.398 e. The number of sulfonamides is 1. The Hall–Kier alpha value is -1.25. The number of para-hydroxylation sites is 1. The molecule has 0 fully saturated rings. The van der Waals surface area contributed by atoms with Crippen LogP contribution in [0.15, 0.2) is 29.2 Å². The fourth-order valence-corrected chi connectivity index (χ4v) is 3.60. The number of anilines is 1. The lowest BCUT2D eigenvalue weighted by molar-refractivity contribution is -0.127. The first-order valence-corrected chi connectivity index (χ1v) is 8.60. The SMILES string of the molecule is CN(C)C(=O)CNS(=O)(=O)CCSc1ccccc1N. The molecule has 0 aromatic heterocycles. The van der Waals surface area contributed by atoms with E-state index in [0.29, 0.717) is 11.4 Å². The minimum atomic E-state index is -3.45. The third-order valence-corrected chi connectivity index (χ3v) is 5.15. The summed E-state index contributed by atoms with van der Waals surface area (Å²) >= 11 is 1.37. The lowest BCUT2D eigenvalue weighted by atomic mass is 10.3. The lowest BCUT2D eigenvalue weighted by Gasteiger charge is -2.11. The smallest absolute Gasteiger partial charge is 0.237 e. The monoisotopic (exact) mass is 317 g/mol. The van der Waals surface area contributed by atoms with Crippen LogP contribution in [0.5, 0.6) is 0 Å². The number of hydrogen-bond acceptors (Lipinski definition) is 5. The number of carbonyl (C=O) groups is 1. The van der Waals surface area contributed by atoms with Gasteiger partial charge in [0.05, 0.1) is 12.3 Å². The van der Waals surface area contributed by atoms with Gasteiger partial charge in [0.15, 0.2) is 0 Å². The Labute approximate surface area is 123 Å². The van der Waals surface area contributed by atoms with Crippen LogP contribution in [-0.2, 0) is 14.8 Å². The summed E-state index contributed by atoms with van der Waals surface area (Å²) in [6.07, 6.45) is 0. The summed E-state index contributed by atoms with van der Waals surface area (Å²) in [7, 11) is -0.304. The zero-order valence-corrected chi connectivity index (χ0v) is 13.1. The van der Waals surface area contributed by atoms with E-state index >= 15 is 0 Å². The molecule has 0 saturated heterocycles. The lowest BCUT2D eigenvalue weighted by Crippen LogP contribution is -2.37. The van der Waals surface area contributed by atoms with Gasteiger partial charge in [-0.25, -0.2) is 13.1 Å². The summed E-state index contributed by atoms with van der Waals surface area (Å²) in [6.45, 7) is -0.215. The van der Waals surface area contributed by atoms with E-state index in [4.69, 9.17) is 5.73 Å². The van der Waals surface area contributed by atoms with Crippen LogP contribution in [0.3, 0.4) is 0 Å². The highest BCUT2D eigenvalue weighted by Gasteiger charge is 2.13. The van der Waals surface area contributed by atoms with E-state index in [-0.39, 0.29) is 18.2 Å². The van der Waals surface area contributed by atoms with Crippen LogP contribution in [0, 0.1) is 0 Å². The third kappa shape index (κ3) is 5.81. The number of nitrogens with zero attached hydrogens (tertiary/aromatic N) is 1. The van der Waals surface area contributed by atoms with Crippen molar-refractivity contribution in [3.05, 3.63) is 24.3 Å². The molecule has 1 amide bonds. The standard InChI is InChI=1S/C12H19N3O3S2/c1-15(2)12(16)9-14-20(17,18)8-7-19-11-6-4-3-5-10(11)13/h3-6,14H,7-9,13H2,1-2H3. The molecule has 3 N–H and O–H groups in total. The van der Waals surface area contributed by atoms with Crippen molar-refractivity contribution in [2.24, 2.45) is 0 Å². The van der Waals surface area contributed by atoms with Gasteiger partial charge in [-0.15, -0.1) is 11.8 Å². The predicted octanol–water partition coefficient (Wildman–Crippen LogP) is 0.368. The summed E-state index contributed by atoms with van der Waals surface area (Å²) in [4.78, 5) is 13.5. The number of likely N-dealkylation sites (N-methyl/N-ethyl adjacent to an activating group) is 1. The maximum atomic E-state index is 11.7. The maximum absolute atomic E-state index is 11.7. The first kappa shape index (κ1) is 16.8. The van der Waals surface area contributed by atoms with Crippen molar-refractivity contribution in [3.8, 4) is 0 Å². The second-order valence-corrected chi connectivity index (χ2v) is 7.38. The molecule has 1 aromatic rings. The van der Waals surface area contributed by atoms with E-state index in [2.05, 4.69) is 4.72 Å². The highest BCUT2D eigenvalue weighted by molar-refractivity contribution is 8.00. The van der Waals surface area contributed by atoms with Gasteiger partial charge in [-0.2, -0.15) is 0 Å². The van der Waals surface area contributed by atoms with E-state index in [1.54, 1.807) is 20.2 Å². The predicted molar refractivity (Wildman–Crippen MR) is 82.1 cm³/mol. The van der Waals surface area contributed by atoms with E-state index < -0.39 is 10.0 Å². The normalized spacial score (nSPS) is 11.3. The second-order valence-electron chi connectivity index (χ2n) is 4.31. The number of nitrogens with one attached hydrogen (secondary N) is 1. The fourth-order valence-electron chi connectivity index (χ4n) is 1.28. The zero-order chi connectivity index (χ0) is 15.2. The molecule has 0 heterocycles. The zero-order valence-electron chi connectivity index (χ0n) is 11.5. The molecule has 0 saturated carbocycles. The Bertz CT molecular complexity index is 559. The van der Waals surface area contributed by atoms with Crippen molar-refractivity contribution in [2.75, 3.05) is 37.9 Å². The molecule has 8 heteroatoms. The fraction of sp³-hybridized carbons (Fsp3) is 0.417. The first-order chi connectivity index (χ1) is 9.32. The molecule has 1 aromatic carbocycles. The average Bonchev–Trinajstić information content (AvgIpc) is 2.38. The van der Waals surface area contributed by atoms with Crippen molar-refractivity contribution in [3.63, 3.8) is 0 Å². The van der Waals surface area contributed by atoms with Gasteiger partial charge in [-0.05, 0) is 12.1 Å². The Kier molecular flexibility index (Phi) is 6.31. The van der Waals surface area contributed by atoms with E-state index in [0.717, 1.165) is 4.90 Å². The van der Waals surface area contributed by atoms with Crippen LogP contribution >= 0.6 is 11.8 Å². The highest BCUT2D eigenvalue weighted by Crippen LogP contribution is 2.24. The molecule has 0 radical (unpaired) electrons. The highest BCUT2D eigenvalue weighted by atomic mass is 32.2. The second kappa shape index (κ2) is 7.51. The summed E-state index contributed by atoms with van der Waals surface area (Å²) in [5, 5.41) is 0. The van der Waals surface area contributed by atoms with E-state index in [1.165, 1.54) is 16.7 Å². The van der Waals surface area contributed by atoms with Crippen LogP contribution in [0.1, 0.15) is 0 Å². The molecular weight excluding hydrogens is 298 g/mol. The number of amides is 1. The van der Waals surface area contributed by atoms with Gasteiger partial charge in [0.1, 0.15) is 0 Å². The van der Waals surface area contributed by atoms with Gasteiger partial charge in [0, 0.05) is 30.4 Å². The Morgan fingerprint density at radius 2 is 2.00 bits per heavy atom. The third-order valence-electron chi connectivity index (χ3n) is 2.47. The van der Waals surface area contributed by atoms with Crippen LogP contribution < -0.4 is 10.5 Å². The first-order valence-electron chi connectivity index (χ1n) is 5.96.